The summed E-state index contributed by atoms with van der Waals surface area (Å²) >= 11 is 0. The van der Waals surface area contributed by atoms with Crippen LogP contribution in [0.5, 0.6) is 0 Å². The first-order valence-corrected chi connectivity index (χ1v) is 14.8. The number of aromatic amines is 2. The average Bonchev–Trinajstić information content (AvgIpc) is 3.72. The number of allylic oxidation sites excluding steroid dienone is 5. The van der Waals surface area contributed by atoms with E-state index in [4.69, 9.17) is 5.10 Å². The highest BCUT2D eigenvalue weighted by atomic mass is 16.1. The van der Waals surface area contributed by atoms with Crippen LogP contribution >= 0.6 is 0 Å². The maximum absolute atomic E-state index is 12.7. The lowest BCUT2D eigenvalue weighted by Crippen LogP contribution is -2.44. The maximum atomic E-state index is 12.7. The summed E-state index contributed by atoms with van der Waals surface area (Å²) in [5.41, 5.74) is 9.09. The Morgan fingerprint density at radius 1 is 1.00 bits per heavy atom. The molecular formula is C34H40N6O. The van der Waals surface area contributed by atoms with Crippen molar-refractivity contribution in [3.63, 3.8) is 0 Å². The number of nitrogens with zero attached hydrogens (tertiary/aromatic N) is 3. The molecule has 2 aromatic carbocycles. The monoisotopic (exact) mass is 548 g/mol. The van der Waals surface area contributed by atoms with Crippen LogP contribution in [0, 0.1) is 5.92 Å². The molecule has 2 aromatic heterocycles. The molecule has 0 bridgehead atoms. The predicted molar refractivity (Wildman–Crippen MR) is 170 cm³/mol. The summed E-state index contributed by atoms with van der Waals surface area (Å²) in [5.74, 6) is 0.262. The molecule has 1 aliphatic heterocycles. The van der Waals surface area contributed by atoms with E-state index in [2.05, 4.69) is 87.4 Å². The number of piperazine rings is 1. The molecule has 3 N–H and O–H groups in total. The van der Waals surface area contributed by atoms with Gasteiger partial charge in [-0.3, -0.25) is 9.89 Å². The van der Waals surface area contributed by atoms with Gasteiger partial charge in [0.25, 0.3) is 0 Å². The third-order valence-electron chi connectivity index (χ3n) is 8.46. The van der Waals surface area contributed by atoms with E-state index in [0.717, 1.165) is 102 Å². The molecule has 212 valence electrons. The van der Waals surface area contributed by atoms with Crippen LogP contribution in [0.4, 0.5) is 5.69 Å². The van der Waals surface area contributed by atoms with Gasteiger partial charge in [-0.05, 0) is 81.3 Å². The first kappa shape index (κ1) is 27.1. The molecule has 0 radical (unpaired) electrons. The van der Waals surface area contributed by atoms with Gasteiger partial charge >= 0.3 is 0 Å². The molecule has 1 aliphatic carbocycles. The van der Waals surface area contributed by atoms with Gasteiger partial charge in [0.2, 0.25) is 5.91 Å². The topological polar surface area (TPSA) is 80.1 Å². The Balaban J connectivity index is 1.34. The zero-order valence-corrected chi connectivity index (χ0v) is 24.4. The van der Waals surface area contributed by atoms with Crippen LogP contribution in [0.1, 0.15) is 45.1 Å². The molecule has 3 heterocycles. The Hall–Kier alpha value is -4.10. The highest BCUT2D eigenvalue weighted by Gasteiger charge is 2.23. The molecule has 7 heteroatoms. The van der Waals surface area contributed by atoms with Gasteiger partial charge in [-0.2, -0.15) is 5.10 Å². The number of aromatic nitrogens is 3. The molecule has 41 heavy (non-hydrogen) atoms. The number of hydrogen-bond donors (Lipinski definition) is 3. The molecule has 1 saturated carbocycles. The minimum absolute atomic E-state index is 0.129. The summed E-state index contributed by atoms with van der Waals surface area (Å²) in [6.07, 6.45) is 8.37. The van der Waals surface area contributed by atoms with Crippen molar-refractivity contribution in [2.75, 3.05) is 38.1 Å². The van der Waals surface area contributed by atoms with Crippen LogP contribution in [0.25, 0.3) is 38.8 Å². The zero-order chi connectivity index (χ0) is 28.5. The third kappa shape index (κ3) is 5.72. The van der Waals surface area contributed by atoms with Gasteiger partial charge in [-0.15, -0.1) is 0 Å². The maximum Gasteiger partial charge on any atom is 0.227 e. The second-order valence-electron chi connectivity index (χ2n) is 11.8. The quantitative estimate of drug-likeness (QED) is 0.226. The Morgan fingerprint density at radius 3 is 2.54 bits per heavy atom. The molecule has 0 spiro atoms. The number of likely N-dealkylation sites (N-methyl/N-ethyl adjacent to an activating group) is 1. The van der Waals surface area contributed by atoms with Crippen LogP contribution in [0.15, 0.2) is 72.5 Å². The molecule has 0 atom stereocenters. The minimum Gasteiger partial charge on any atom is -0.368 e. The third-order valence-corrected chi connectivity index (χ3v) is 8.46. The van der Waals surface area contributed by atoms with Crippen molar-refractivity contribution in [2.24, 2.45) is 5.92 Å². The Morgan fingerprint density at radius 2 is 1.78 bits per heavy atom. The number of H-pyrrole nitrogens is 2. The first-order valence-electron chi connectivity index (χ1n) is 14.8. The zero-order valence-electron chi connectivity index (χ0n) is 24.4. The van der Waals surface area contributed by atoms with Gasteiger partial charge in [0.15, 0.2) is 0 Å². The van der Waals surface area contributed by atoms with E-state index in [9.17, 15) is 4.79 Å². The molecular weight excluding hydrogens is 508 g/mol. The van der Waals surface area contributed by atoms with Crippen molar-refractivity contribution in [1.29, 1.82) is 0 Å². The van der Waals surface area contributed by atoms with E-state index in [1.165, 1.54) is 11.1 Å². The minimum atomic E-state index is 0.129. The Bertz CT molecular complexity index is 1660. The van der Waals surface area contributed by atoms with Crippen LogP contribution in [0.2, 0.25) is 0 Å². The average molecular weight is 549 g/mol. The molecule has 0 unspecified atom stereocenters. The summed E-state index contributed by atoms with van der Waals surface area (Å²) < 4.78 is 0. The van der Waals surface area contributed by atoms with Gasteiger partial charge in [0.05, 0.1) is 11.2 Å². The number of anilines is 1. The lowest BCUT2D eigenvalue weighted by molar-refractivity contribution is -0.124. The number of carbonyl (C=O) groups is 1. The van der Waals surface area contributed by atoms with Crippen molar-refractivity contribution in [3.8, 4) is 11.4 Å². The molecule has 1 saturated heterocycles. The van der Waals surface area contributed by atoms with Crippen molar-refractivity contribution >= 4 is 39.0 Å². The van der Waals surface area contributed by atoms with Gasteiger partial charge in [0.1, 0.15) is 5.69 Å². The van der Waals surface area contributed by atoms with Crippen LogP contribution in [0.3, 0.4) is 0 Å². The molecule has 6 rings (SSSR count). The van der Waals surface area contributed by atoms with Crippen molar-refractivity contribution in [1.82, 2.24) is 25.4 Å². The number of carbonyl (C=O) groups excluding carboxylic acids is 1. The van der Waals surface area contributed by atoms with Crippen LogP contribution in [-0.2, 0) is 4.79 Å². The van der Waals surface area contributed by atoms with Gasteiger partial charge in [-0.1, -0.05) is 43.2 Å². The predicted octanol–water partition coefficient (Wildman–Crippen LogP) is 6.63. The Labute approximate surface area is 242 Å². The molecule has 4 aromatic rings. The second kappa shape index (κ2) is 11.4. The van der Waals surface area contributed by atoms with Gasteiger partial charge in [-0.25, -0.2) is 0 Å². The molecule has 2 fully saturated rings. The van der Waals surface area contributed by atoms with Crippen LogP contribution in [-0.4, -0.2) is 59.2 Å². The SMILES string of the molecule is C=C(C)/C=C(\C=C(/C)NC(=O)C1CCCC1)c1ccc2[nH]nc(-c3cc4c(N5CCN(C)CC5)cccc4[nH]3)c2c1. The fraction of sp³-hybridized carbons (Fsp3) is 0.353. The molecule has 1 amide bonds. The highest BCUT2D eigenvalue weighted by molar-refractivity contribution is 6.01. The second-order valence-corrected chi connectivity index (χ2v) is 11.8. The molecule has 7 nitrogen and oxygen atoms in total. The first-order chi connectivity index (χ1) is 19.9. The van der Waals surface area contributed by atoms with E-state index in [-0.39, 0.29) is 11.8 Å². The number of benzene rings is 2. The number of amides is 1. The summed E-state index contributed by atoms with van der Waals surface area (Å²) in [5, 5.41) is 13.4. The van der Waals surface area contributed by atoms with E-state index >= 15 is 0 Å². The highest BCUT2D eigenvalue weighted by Crippen LogP contribution is 2.35. The van der Waals surface area contributed by atoms with E-state index in [1.54, 1.807) is 0 Å². The van der Waals surface area contributed by atoms with Gasteiger partial charge < -0.3 is 20.1 Å². The van der Waals surface area contributed by atoms with Crippen molar-refractivity contribution < 1.29 is 4.79 Å². The summed E-state index contributed by atoms with van der Waals surface area (Å²) in [7, 11) is 2.18. The number of nitrogens with one attached hydrogen (secondary N) is 3. The van der Waals surface area contributed by atoms with Gasteiger partial charge in [0, 0.05) is 59.8 Å². The number of hydrogen-bond acceptors (Lipinski definition) is 4. The number of fused-ring (bicyclic) bond motifs is 2. The summed E-state index contributed by atoms with van der Waals surface area (Å²) in [4.78, 5) is 21.2. The molecule has 2 aliphatic rings. The summed E-state index contributed by atoms with van der Waals surface area (Å²) in [6, 6.07) is 15.1. The van der Waals surface area contributed by atoms with E-state index in [0.29, 0.717) is 0 Å². The smallest absolute Gasteiger partial charge is 0.227 e. The van der Waals surface area contributed by atoms with E-state index < -0.39 is 0 Å². The fourth-order valence-corrected chi connectivity index (χ4v) is 6.22. The van der Waals surface area contributed by atoms with Crippen molar-refractivity contribution in [2.45, 2.75) is 39.5 Å². The fourth-order valence-electron chi connectivity index (χ4n) is 6.22. The lowest BCUT2D eigenvalue weighted by atomic mass is 9.99. The normalized spacial score (nSPS) is 17.6. The Kier molecular flexibility index (Phi) is 7.54. The van der Waals surface area contributed by atoms with E-state index in [1.807, 2.05) is 19.9 Å². The lowest BCUT2D eigenvalue weighted by Gasteiger charge is -2.34. The van der Waals surface area contributed by atoms with Crippen molar-refractivity contribution in [3.05, 3.63) is 78.0 Å². The summed E-state index contributed by atoms with van der Waals surface area (Å²) in [6.45, 7) is 12.3. The standard InChI is InChI=1S/C34H40N6O/c1-22(2)18-26(19-23(3)35-34(41)24-8-5-6-9-24)25-12-13-30-28(20-25)33(38-37-30)31-21-27-29(36-31)10-7-11-32(27)40-16-14-39(4)15-17-40/h7,10-13,18-21,24,36H,1,5-6,8-9,14-17H2,2-4H3,(H,35,41)(H,37,38)/b23-19+,26-18+. The number of rotatable bonds is 7. The largest absolute Gasteiger partial charge is 0.368 e. The van der Waals surface area contributed by atoms with Crippen LogP contribution < -0.4 is 10.2 Å².